The van der Waals surface area contributed by atoms with E-state index in [0.29, 0.717) is 32.2 Å². The molecule has 0 aliphatic carbocycles. The Labute approximate surface area is 154 Å². The Bertz CT molecular complexity index is 712. The van der Waals surface area contributed by atoms with Gasteiger partial charge in [-0.3, -0.25) is 14.9 Å². The van der Waals surface area contributed by atoms with E-state index in [4.69, 9.17) is 0 Å². The van der Waals surface area contributed by atoms with Crippen LogP contribution in [0.4, 0.5) is 24.5 Å². The lowest BCUT2D eigenvalue weighted by atomic mass is 9.96. The second-order valence-electron chi connectivity index (χ2n) is 6.79. The second kappa shape index (κ2) is 7.71. The second-order valence-corrected chi connectivity index (χ2v) is 6.79. The molecule has 0 atom stereocenters. The number of carbonyl (C=O) groups is 1. The van der Waals surface area contributed by atoms with Gasteiger partial charge in [-0.1, -0.05) is 0 Å². The summed E-state index contributed by atoms with van der Waals surface area (Å²) in [5, 5.41) is 14.5. The van der Waals surface area contributed by atoms with Crippen LogP contribution in [-0.4, -0.2) is 55.0 Å². The Kier molecular flexibility index (Phi) is 5.54. The minimum atomic E-state index is -4.64. The summed E-state index contributed by atoms with van der Waals surface area (Å²) in [5.41, 5.74) is -1.46. The number of halogens is 3. The molecule has 148 valence electrons. The number of anilines is 1. The van der Waals surface area contributed by atoms with Crippen molar-refractivity contribution in [3.63, 3.8) is 0 Å². The lowest BCUT2D eigenvalue weighted by Crippen LogP contribution is -2.51. The first-order valence-electron chi connectivity index (χ1n) is 8.87. The fourth-order valence-electron chi connectivity index (χ4n) is 3.61. The summed E-state index contributed by atoms with van der Waals surface area (Å²) in [5.74, 6) is 0.0938. The number of amides is 1. The zero-order valence-electron chi connectivity index (χ0n) is 14.7. The third-order valence-corrected chi connectivity index (χ3v) is 5.12. The highest BCUT2D eigenvalue weighted by Gasteiger charge is 2.35. The molecule has 2 heterocycles. The standard InChI is InChI=1S/C17H21F3N4O3/c18-17(19,20)13-1-2-14(15(11-13)24(26)27)22-7-9-23(10-8-22)16(25)12-3-5-21-6-4-12/h1-2,11-12,21H,3-10H2. The molecule has 1 N–H and O–H groups in total. The molecule has 1 aromatic carbocycles. The summed E-state index contributed by atoms with van der Waals surface area (Å²) in [6, 6.07) is 2.57. The Morgan fingerprint density at radius 3 is 2.33 bits per heavy atom. The summed E-state index contributed by atoms with van der Waals surface area (Å²) < 4.78 is 38.5. The molecule has 1 amide bonds. The fraction of sp³-hybridized carbons (Fsp3) is 0.588. The first-order chi connectivity index (χ1) is 12.8. The van der Waals surface area contributed by atoms with Gasteiger partial charge in [0, 0.05) is 38.2 Å². The van der Waals surface area contributed by atoms with Gasteiger partial charge in [-0.15, -0.1) is 0 Å². The van der Waals surface area contributed by atoms with Gasteiger partial charge >= 0.3 is 6.18 Å². The molecule has 0 aromatic heterocycles. The van der Waals surface area contributed by atoms with E-state index in [1.54, 1.807) is 9.80 Å². The summed E-state index contributed by atoms with van der Waals surface area (Å²) >= 11 is 0. The van der Waals surface area contributed by atoms with Crippen molar-refractivity contribution in [3.05, 3.63) is 33.9 Å². The van der Waals surface area contributed by atoms with Gasteiger partial charge in [0.1, 0.15) is 5.69 Å². The summed E-state index contributed by atoms with van der Waals surface area (Å²) in [6.07, 6.45) is -3.05. The van der Waals surface area contributed by atoms with Crippen molar-refractivity contribution >= 4 is 17.3 Å². The van der Waals surface area contributed by atoms with E-state index in [-0.39, 0.29) is 17.5 Å². The number of hydrogen-bond donors (Lipinski definition) is 1. The molecular formula is C17H21F3N4O3. The number of alkyl halides is 3. The Balaban J connectivity index is 1.70. The van der Waals surface area contributed by atoms with Gasteiger partial charge in [0.25, 0.3) is 5.69 Å². The molecule has 7 nitrogen and oxygen atoms in total. The molecule has 0 bridgehead atoms. The molecule has 2 aliphatic rings. The Hall–Kier alpha value is -2.36. The van der Waals surface area contributed by atoms with Gasteiger partial charge in [-0.25, -0.2) is 0 Å². The third-order valence-electron chi connectivity index (χ3n) is 5.12. The molecule has 2 fully saturated rings. The van der Waals surface area contributed by atoms with Gasteiger partial charge in [-0.05, 0) is 38.1 Å². The summed E-state index contributed by atoms with van der Waals surface area (Å²) in [7, 11) is 0. The van der Waals surface area contributed by atoms with Crippen LogP contribution in [0.1, 0.15) is 18.4 Å². The van der Waals surface area contributed by atoms with Crippen LogP contribution in [0, 0.1) is 16.0 Å². The Morgan fingerprint density at radius 2 is 1.78 bits per heavy atom. The lowest BCUT2D eigenvalue weighted by Gasteiger charge is -2.38. The monoisotopic (exact) mass is 386 g/mol. The third kappa shape index (κ3) is 4.32. The highest BCUT2D eigenvalue weighted by Crippen LogP contribution is 2.36. The number of nitrogens with zero attached hydrogens (tertiary/aromatic N) is 3. The first kappa shape index (κ1) is 19.4. The predicted octanol–water partition coefficient (Wildman–Crippen LogP) is 2.26. The van der Waals surface area contributed by atoms with E-state index in [9.17, 15) is 28.1 Å². The molecular weight excluding hydrogens is 365 g/mol. The van der Waals surface area contributed by atoms with Crippen molar-refractivity contribution in [1.82, 2.24) is 10.2 Å². The average molecular weight is 386 g/mol. The predicted molar refractivity (Wildman–Crippen MR) is 92.5 cm³/mol. The number of piperidine rings is 1. The number of hydrogen-bond acceptors (Lipinski definition) is 5. The number of rotatable bonds is 3. The maximum atomic E-state index is 12.8. The molecule has 1 aromatic rings. The average Bonchev–Trinajstić information content (AvgIpc) is 2.67. The number of benzene rings is 1. The summed E-state index contributed by atoms with van der Waals surface area (Å²) in [4.78, 5) is 26.5. The van der Waals surface area contributed by atoms with Crippen molar-refractivity contribution < 1.29 is 22.9 Å². The van der Waals surface area contributed by atoms with Crippen LogP contribution in [0.15, 0.2) is 18.2 Å². The normalized spacial score (nSPS) is 19.2. The fourth-order valence-corrected chi connectivity index (χ4v) is 3.61. The van der Waals surface area contributed by atoms with E-state index < -0.39 is 22.4 Å². The van der Waals surface area contributed by atoms with E-state index in [0.717, 1.165) is 38.1 Å². The molecule has 2 aliphatic heterocycles. The minimum Gasteiger partial charge on any atom is -0.362 e. The number of piperazine rings is 1. The van der Waals surface area contributed by atoms with Gasteiger partial charge in [-0.2, -0.15) is 13.2 Å². The van der Waals surface area contributed by atoms with E-state index in [1.807, 2.05) is 0 Å². The number of carbonyl (C=O) groups excluding carboxylic acids is 1. The van der Waals surface area contributed by atoms with Crippen molar-refractivity contribution in [1.29, 1.82) is 0 Å². The van der Waals surface area contributed by atoms with Crippen LogP contribution in [0.5, 0.6) is 0 Å². The summed E-state index contributed by atoms with van der Waals surface area (Å²) in [6.45, 7) is 3.13. The van der Waals surface area contributed by atoms with E-state index in [2.05, 4.69) is 5.32 Å². The molecule has 10 heteroatoms. The molecule has 3 rings (SSSR count). The van der Waals surface area contributed by atoms with Crippen LogP contribution < -0.4 is 10.2 Å². The number of nitro groups is 1. The maximum Gasteiger partial charge on any atom is 0.416 e. The quantitative estimate of drug-likeness (QED) is 0.637. The smallest absolute Gasteiger partial charge is 0.362 e. The zero-order chi connectivity index (χ0) is 19.6. The minimum absolute atomic E-state index is 0.00166. The van der Waals surface area contributed by atoms with Gasteiger partial charge in [0.05, 0.1) is 10.5 Å². The van der Waals surface area contributed by atoms with Gasteiger partial charge in [0.2, 0.25) is 5.91 Å². The zero-order valence-corrected chi connectivity index (χ0v) is 14.7. The molecule has 27 heavy (non-hydrogen) atoms. The van der Waals surface area contributed by atoms with Gasteiger partial charge < -0.3 is 15.1 Å². The van der Waals surface area contributed by atoms with Crippen molar-refractivity contribution in [2.24, 2.45) is 5.92 Å². The highest BCUT2D eigenvalue weighted by molar-refractivity contribution is 5.79. The van der Waals surface area contributed by atoms with Gasteiger partial charge in [0.15, 0.2) is 0 Å². The van der Waals surface area contributed by atoms with E-state index >= 15 is 0 Å². The molecule has 2 saturated heterocycles. The van der Waals surface area contributed by atoms with Crippen LogP contribution in [0.25, 0.3) is 0 Å². The molecule has 0 spiro atoms. The van der Waals surface area contributed by atoms with Crippen molar-refractivity contribution in [3.8, 4) is 0 Å². The first-order valence-corrected chi connectivity index (χ1v) is 8.87. The van der Waals surface area contributed by atoms with Crippen molar-refractivity contribution in [2.75, 3.05) is 44.2 Å². The van der Waals surface area contributed by atoms with E-state index in [1.165, 1.54) is 0 Å². The van der Waals surface area contributed by atoms with Crippen molar-refractivity contribution in [2.45, 2.75) is 19.0 Å². The maximum absolute atomic E-state index is 12.8. The highest BCUT2D eigenvalue weighted by atomic mass is 19.4. The number of nitro benzene ring substituents is 1. The van der Waals surface area contributed by atoms with Crippen LogP contribution >= 0.6 is 0 Å². The SMILES string of the molecule is O=C(C1CCNCC1)N1CCN(c2ccc(C(F)(F)F)cc2[N+](=O)[O-])CC1. The number of nitrogens with one attached hydrogen (secondary N) is 1. The Morgan fingerprint density at radius 1 is 1.15 bits per heavy atom. The topological polar surface area (TPSA) is 78.7 Å². The largest absolute Gasteiger partial charge is 0.416 e. The molecule has 0 unspecified atom stereocenters. The van der Waals surface area contributed by atoms with Crippen LogP contribution in [-0.2, 0) is 11.0 Å². The van der Waals surface area contributed by atoms with Crippen LogP contribution in [0.2, 0.25) is 0 Å². The lowest BCUT2D eigenvalue weighted by molar-refractivity contribution is -0.384. The molecule has 0 saturated carbocycles. The van der Waals surface area contributed by atoms with Crippen LogP contribution in [0.3, 0.4) is 0 Å². The molecule has 0 radical (unpaired) electrons.